The van der Waals surface area contributed by atoms with E-state index in [9.17, 15) is 0 Å². The third-order valence-corrected chi connectivity index (χ3v) is 12.5. The fraction of sp³-hybridized carbons (Fsp3) is 0.0588. The van der Waals surface area contributed by atoms with Gasteiger partial charge >= 0.3 is 0 Å². The Morgan fingerprint density at radius 1 is 0.486 bits per heavy atom. The van der Waals surface area contributed by atoms with Gasteiger partial charge in [0.25, 0.3) is 0 Å². The van der Waals surface area contributed by atoms with Gasteiger partial charge in [-0.1, -0.05) is 232 Å². The molecule has 0 aliphatic carbocycles. The van der Waals surface area contributed by atoms with E-state index in [0.717, 1.165) is 73.0 Å². The molecule has 0 atom stereocenters. The summed E-state index contributed by atoms with van der Waals surface area (Å²) in [5.41, 5.74) is 18.0. The van der Waals surface area contributed by atoms with Crippen molar-refractivity contribution in [1.82, 2.24) is 0 Å². The molecule has 0 unspecified atom stereocenters. The number of benzene rings is 8. The van der Waals surface area contributed by atoms with E-state index >= 15 is 0 Å². The first-order valence-electron chi connectivity index (χ1n) is 23.9. The van der Waals surface area contributed by atoms with E-state index in [1.165, 1.54) is 33.0 Å². The summed E-state index contributed by atoms with van der Waals surface area (Å²) in [7, 11) is 0. The lowest BCUT2D eigenvalue weighted by molar-refractivity contribution is 1.10. The number of hydrogen-bond acceptors (Lipinski definition) is 2. The van der Waals surface area contributed by atoms with E-state index in [1.54, 1.807) is 0 Å². The zero-order valence-electron chi connectivity index (χ0n) is 40.7. The second-order valence-corrected chi connectivity index (χ2v) is 17.2. The van der Waals surface area contributed by atoms with Gasteiger partial charge in [0.1, 0.15) is 0 Å². The van der Waals surface area contributed by atoms with Crippen molar-refractivity contribution < 1.29 is 0 Å². The monoisotopic (exact) mass is 904 g/mol. The van der Waals surface area contributed by atoms with Crippen LogP contribution in [0.5, 0.6) is 0 Å². The van der Waals surface area contributed by atoms with Crippen molar-refractivity contribution in [3.63, 3.8) is 0 Å². The Morgan fingerprint density at radius 2 is 1.10 bits per heavy atom. The molecule has 1 N–H and O–H groups in total. The average molecular weight is 905 g/mol. The molecule has 0 heterocycles. The van der Waals surface area contributed by atoms with E-state index in [0.29, 0.717) is 0 Å². The predicted octanol–water partition coefficient (Wildman–Crippen LogP) is 19.0. The summed E-state index contributed by atoms with van der Waals surface area (Å²) >= 11 is 0. The van der Waals surface area contributed by atoms with Gasteiger partial charge in [-0.15, -0.1) is 0 Å². The lowest BCUT2D eigenvalue weighted by atomic mass is 9.91. The highest BCUT2D eigenvalue weighted by molar-refractivity contribution is 6.07. The molecule has 2 heteroatoms. The van der Waals surface area contributed by atoms with E-state index in [4.69, 9.17) is 13.2 Å². The molecule has 0 fully saturated rings. The highest BCUT2D eigenvalue weighted by Gasteiger charge is 2.17. The Hall–Kier alpha value is -8.72. The quantitative estimate of drug-likeness (QED) is 0.0916. The van der Waals surface area contributed by atoms with Gasteiger partial charge in [0.2, 0.25) is 0 Å². The summed E-state index contributed by atoms with van der Waals surface area (Å²) in [5, 5.41) is 6.08. The second kappa shape index (κ2) is 23.3. The number of rotatable bonds is 17. The summed E-state index contributed by atoms with van der Waals surface area (Å²) in [4.78, 5) is 2.25. The molecule has 0 saturated heterocycles. The summed E-state index contributed by atoms with van der Waals surface area (Å²) in [5.74, 6) is 0. The lowest BCUT2D eigenvalue weighted by Crippen LogP contribution is -2.18. The van der Waals surface area contributed by atoms with Crippen LogP contribution in [0.1, 0.15) is 55.5 Å². The van der Waals surface area contributed by atoms with Crippen LogP contribution in [-0.4, -0.2) is 0 Å². The smallest absolute Gasteiger partial charge is 0.0464 e. The first-order valence-corrected chi connectivity index (χ1v) is 23.9. The Balaban J connectivity index is 1.23. The average Bonchev–Trinajstić information content (AvgIpc) is 3.41. The van der Waals surface area contributed by atoms with Crippen LogP contribution < -0.4 is 10.2 Å². The van der Waals surface area contributed by atoms with Crippen molar-refractivity contribution in [2.75, 3.05) is 10.2 Å². The number of hydrogen-bond donors (Lipinski definition) is 1. The predicted molar refractivity (Wildman–Crippen MR) is 306 cm³/mol. The number of allylic oxidation sites excluding steroid dienone is 15. The number of anilines is 3. The van der Waals surface area contributed by atoms with Gasteiger partial charge in [0, 0.05) is 34.0 Å². The number of fused-ring (bicyclic) bond motifs is 1. The normalized spacial score (nSPS) is 12.7. The summed E-state index contributed by atoms with van der Waals surface area (Å²) < 4.78 is 0. The van der Waals surface area contributed by atoms with E-state index in [-0.39, 0.29) is 0 Å². The maximum Gasteiger partial charge on any atom is 0.0464 e. The van der Waals surface area contributed by atoms with Crippen molar-refractivity contribution in [3.05, 3.63) is 313 Å². The van der Waals surface area contributed by atoms with E-state index in [1.807, 2.05) is 18.2 Å². The van der Waals surface area contributed by atoms with Crippen LogP contribution in [0, 0.1) is 0 Å². The summed E-state index contributed by atoms with van der Waals surface area (Å²) in [6, 6.07) is 72.3. The fourth-order valence-electron chi connectivity index (χ4n) is 8.74. The van der Waals surface area contributed by atoms with Gasteiger partial charge < -0.3 is 10.2 Å². The first kappa shape index (κ1) is 47.8. The van der Waals surface area contributed by atoms with Crippen molar-refractivity contribution >= 4 is 55.7 Å². The third kappa shape index (κ3) is 11.7. The first-order chi connectivity index (χ1) is 34.3. The molecule has 0 amide bonds. The van der Waals surface area contributed by atoms with Crippen molar-refractivity contribution in [2.24, 2.45) is 0 Å². The lowest BCUT2D eigenvalue weighted by Gasteiger charge is -2.27. The SMILES string of the molecule is C=C(/C(=C\C=C(/C)c1ccccc1)c1cccc(N(C(=C)/C=C\C(=C/C)c2cccc3ccccc23)/C(C)=C/C=C(\C=C/C)c2ccc(-c3ccccc3)cc2)c1)c1ccccc1Nc1ccccc1. The maximum absolute atomic E-state index is 4.81. The number of para-hydroxylation sites is 2. The molecule has 70 heavy (non-hydrogen) atoms. The van der Waals surface area contributed by atoms with Crippen LogP contribution in [0.25, 0.3) is 49.8 Å². The summed E-state index contributed by atoms with van der Waals surface area (Å²) in [6.45, 7) is 18.0. The van der Waals surface area contributed by atoms with Gasteiger partial charge in [-0.25, -0.2) is 0 Å². The van der Waals surface area contributed by atoms with E-state index in [2.05, 4.69) is 281 Å². The minimum Gasteiger partial charge on any atom is -0.355 e. The van der Waals surface area contributed by atoms with Gasteiger partial charge in [-0.05, 0) is 142 Å². The van der Waals surface area contributed by atoms with E-state index < -0.39 is 0 Å². The number of nitrogens with one attached hydrogen (secondary N) is 1. The van der Waals surface area contributed by atoms with Gasteiger partial charge in [-0.3, -0.25) is 0 Å². The van der Waals surface area contributed by atoms with Gasteiger partial charge in [-0.2, -0.15) is 0 Å². The zero-order valence-corrected chi connectivity index (χ0v) is 40.7. The molecule has 8 aromatic rings. The Kier molecular flexibility index (Phi) is 15.9. The second-order valence-electron chi connectivity index (χ2n) is 17.2. The molecular formula is C68H60N2. The van der Waals surface area contributed by atoms with Crippen molar-refractivity contribution in [1.29, 1.82) is 0 Å². The molecule has 0 aliphatic heterocycles. The zero-order chi connectivity index (χ0) is 48.7. The molecule has 0 bridgehead atoms. The third-order valence-electron chi connectivity index (χ3n) is 12.5. The van der Waals surface area contributed by atoms with Gasteiger partial charge in [0.05, 0.1) is 0 Å². The largest absolute Gasteiger partial charge is 0.355 e. The Morgan fingerprint density at radius 3 is 1.84 bits per heavy atom. The molecular weight excluding hydrogens is 845 g/mol. The van der Waals surface area contributed by atoms with Crippen molar-refractivity contribution in [3.8, 4) is 11.1 Å². The molecule has 0 saturated carbocycles. The van der Waals surface area contributed by atoms with Crippen LogP contribution in [0.4, 0.5) is 17.1 Å². The molecule has 8 aromatic carbocycles. The molecule has 0 aromatic heterocycles. The van der Waals surface area contributed by atoms with Crippen LogP contribution >= 0.6 is 0 Å². The minimum atomic E-state index is 0.820. The van der Waals surface area contributed by atoms with Crippen LogP contribution in [0.3, 0.4) is 0 Å². The van der Waals surface area contributed by atoms with Gasteiger partial charge in [0.15, 0.2) is 0 Å². The highest BCUT2D eigenvalue weighted by atomic mass is 15.1. The standard InChI is InChI=1S/C68H60N2/c1-7-24-56(58-44-46-59(47-45-58)57-27-14-10-15-28-57)43-41-52(5)70(51(4)40-42-54(8-2)66-37-23-30-60-29-18-19-36-67(60)66)63-34-22-31-61(49-63)64(48-39-50(3)55-25-12-9-13-26-55)53(6)65-35-20-21-38-68(65)69-62-32-16-11-17-33-62/h7-49,69H,4,6H2,1-3,5H3/b24-7-,42-40-,50-39+,52-41+,54-8+,56-43+,64-48+. The maximum atomic E-state index is 4.81. The molecule has 0 aliphatic rings. The molecule has 0 radical (unpaired) electrons. The molecule has 342 valence electrons. The van der Waals surface area contributed by atoms with Crippen LogP contribution in [0.2, 0.25) is 0 Å². The topological polar surface area (TPSA) is 15.3 Å². The fourth-order valence-corrected chi connectivity index (χ4v) is 8.74. The highest BCUT2D eigenvalue weighted by Crippen LogP contribution is 2.38. The number of nitrogens with zero attached hydrogens (tertiary/aromatic N) is 1. The minimum absolute atomic E-state index is 0.820. The summed E-state index contributed by atoms with van der Waals surface area (Å²) in [6.07, 6.45) is 19.6. The molecule has 8 rings (SSSR count). The molecule has 2 nitrogen and oxygen atoms in total. The molecule has 0 spiro atoms. The Labute approximate surface area is 416 Å². The van der Waals surface area contributed by atoms with Crippen LogP contribution in [-0.2, 0) is 0 Å². The van der Waals surface area contributed by atoms with Crippen LogP contribution in [0.15, 0.2) is 285 Å². The van der Waals surface area contributed by atoms with Crippen molar-refractivity contribution in [2.45, 2.75) is 27.7 Å². The Bertz CT molecular complexity index is 3310.